The van der Waals surface area contributed by atoms with Gasteiger partial charge in [-0.3, -0.25) is 4.79 Å². The molecular weight excluding hydrogens is 214 g/mol. The van der Waals surface area contributed by atoms with Gasteiger partial charge in [0.15, 0.2) is 0 Å². The molecule has 0 aromatic heterocycles. The van der Waals surface area contributed by atoms with Gasteiger partial charge >= 0.3 is 5.97 Å². The van der Waals surface area contributed by atoms with Gasteiger partial charge < -0.3 is 10.4 Å². The van der Waals surface area contributed by atoms with Crippen molar-refractivity contribution in [2.45, 2.75) is 59.4 Å². The van der Waals surface area contributed by atoms with E-state index in [0.29, 0.717) is 18.4 Å². The number of carboxylic acid groups (broad SMARTS) is 1. The highest BCUT2D eigenvalue weighted by molar-refractivity contribution is 5.73. The van der Waals surface area contributed by atoms with Gasteiger partial charge in [-0.25, -0.2) is 0 Å². The summed E-state index contributed by atoms with van der Waals surface area (Å²) in [7, 11) is 0. The molecule has 1 aliphatic rings. The van der Waals surface area contributed by atoms with Crippen LogP contribution in [0, 0.1) is 17.3 Å². The van der Waals surface area contributed by atoms with Crippen LogP contribution >= 0.6 is 0 Å². The van der Waals surface area contributed by atoms with Crippen molar-refractivity contribution in [1.82, 2.24) is 5.32 Å². The van der Waals surface area contributed by atoms with Crippen molar-refractivity contribution in [2.24, 2.45) is 17.3 Å². The predicted octanol–water partition coefficient (Wildman–Crippen LogP) is 2.90. The second-order valence-electron chi connectivity index (χ2n) is 6.27. The van der Waals surface area contributed by atoms with Crippen LogP contribution in [0.2, 0.25) is 0 Å². The van der Waals surface area contributed by atoms with Gasteiger partial charge in [0.1, 0.15) is 0 Å². The van der Waals surface area contributed by atoms with Gasteiger partial charge in [-0.15, -0.1) is 0 Å². The Morgan fingerprint density at radius 1 is 1.35 bits per heavy atom. The van der Waals surface area contributed by atoms with Gasteiger partial charge in [-0.1, -0.05) is 26.7 Å². The maximum Gasteiger partial charge on any atom is 0.309 e. The number of carbonyl (C=O) groups is 1. The Labute approximate surface area is 105 Å². The van der Waals surface area contributed by atoms with Crippen LogP contribution in [0.3, 0.4) is 0 Å². The van der Waals surface area contributed by atoms with Crippen LogP contribution in [0.25, 0.3) is 0 Å². The first-order valence-electron chi connectivity index (χ1n) is 6.81. The van der Waals surface area contributed by atoms with Crippen LogP contribution < -0.4 is 5.32 Å². The van der Waals surface area contributed by atoms with Crippen LogP contribution in [0.1, 0.15) is 53.4 Å². The molecule has 3 nitrogen and oxygen atoms in total. The zero-order valence-corrected chi connectivity index (χ0v) is 11.6. The van der Waals surface area contributed by atoms with Crippen molar-refractivity contribution in [3.63, 3.8) is 0 Å². The van der Waals surface area contributed by atoms with Crippen LogP contribution in [0.15, 0.2) is 0 Å². The maximum atomic E-state index is 11.0. The van der Waals surface area contributed by atoms with Crippen molar-refractivity contribution < 1.29 is 9.90 Å². The molecule has 17 heavy (non-hydrogen) atoms. The van der Waals surface area contributed by atoms with Gasteiger partial charge in [-0.05, 0) is 45.1 Å². The van der Waals surface area contributed by atoms with E-state index in [1.54, 1.807) is 13.8 Å². The van der Waals surface area contributed by atoms with Gasteiger partial charge in [-0.2, -0.15) is 0 Å². The van der Waals surface area contributed by atoms with E-state index >= 15 is 0 Å². The Morgan fingerprint density at radius 3 is 2.59 bits per heavy atom. The molecule has 1 rings (SSSR count). The minimum atomic E-state index is -0.704. The third-order valence-corrected chi connectivity index (χ3v) is 4.44. The molecule has 3 heteroatoms. The summed E-state index contributed by atoms with van der Waals surface area (Å²) >= 11 is 0. The number of carboxylic acids is 1. The molecule has 0 radical (unpaired) electrons. The maximum absolute atomic E-state index is 11.0. The number of aliphatic carboxylic acids is 1. The smallest absolute Gasteiger partial charge is 0.309 e. The van der Waals surface area contributed by atoms with E-state index in [1.807, 2.05) is 0 Å². The van der Waals surface area contributed by atoms with Crippen molar-refractivity contribution >= 4 is 5.97 Å². The molecule has 0 spiro atoms. The zero-order chi connectivity index (χ0) is 13.1. The molecule has 0 aromatic carbocycles. The molecule has 0 saturated heterocycles. The molecule has 0 aliphatic heterocycles. The molecular formula is C14H27NO2. The monoisotopic (exact) mass is 241 g/mol. The Balaban J connectivity index is 2.33. The van der Waals surface area contributed by atoms with E-state index in [-0.39, 0.29) is 0 Å². The summed E-state index contributed by atoms with van der Waals surface area (Å²) in [6.07, 6.45) is 4.56. The lowest BCUT2D eigenvalue weighted by atomic mass is 9.78. The third kappa shape index (κ3) is 3.98. The van der Waals surface area contributed by atoms with E-state index in [9.17, 15) is 4.79 Å². The zero-order valence-electron chi connectivity index (χ0n) is 11.6. The van der Waals surface area contributed by atoms with Gasteiger partial charge in [0.2, 0.25) is 0 Å². The summed E-state index contributed by atoms with van der Waals surface area (Å²) in [5.74, 6) is 0.787. The molecule has 1 fully saturated rings. The van der Waals surface area contributed by atoms with Gasteiger partial charge in [0.05, 0.1) is 5.41 Å². The Bertz CT molecular complexity index is 263. The van der Waals surface area contributed by atoms with Crippen LogP contribution in [-0.4, -0.2) is 23.7 Å². The molecule has 0 bridgehead atoms. The predicted molar refractivity (Wildman–Crippen MR) is 70.0 cm³/mol. The summed E-state index contributed by atoms with van der Waals surface area (Å²) in [6.45, 7) is 9.03. The molecule has 3 unspecified atom stereocenters. The van der Waals surface area contributed by atoms with E-state index in [0.717, 1.165) is 12.5 Å². The minimum absolute atomic E-state index is 0.573. The lowest BCUT2D eigenvalue weighted by Gasteiger charge is -2.35. The average Bonchev–Trinajstić information content (AvgIpc) is 2.24. The number of nitrogens with one attached hydrogen (secondary N) is 1. The van der Waals surface area contributed by atoms with Crippen LogP contribution in [-0.2, 0) is 4.79 Å². The molecule has 1 saturated carbocycles. The van der Waals surface area contributed by atoms with Crippen LogP contribution in [0.5, 0.6) is 0 Å². The first-order chi connectivity index (χ1) is 7.84. The standard InChI is InChI=1S/C14H27NO2/c1-10-6-5-7-12(11(10)2)15-9-8-14(3,4)13(16)17/h10-12,15H,5-9H2,1-4H3,(H,16,17). The molecule has 100 valence electrons. The van der Waals surface area contributed by atoms with Gasteiger partial charge in [0.25, 0.3) is 0 Å². The second kappa shape index (κ2) is 5.85. The fraction of sp³-hybridized carbons (Fsp3) is 0.929. The average molecular weight is 241 g/mol. The summed E-state index contributed by atoms with van der Waals surface area (Å²) in [4.78, 5) is 11.0. The van der Waals surface area contributed by atoms with E-state index in [2.05, 4.69) is 19.2 Å². The molecule has 1 aliphatic carbocycles. The molecule has 2 N–H and O–H groups in total. The topological polar surface area (TPSA) is 49.3 Å². The fourth-order valence-corrected chi connectivity index (χ4v) is 2.55. The SMILES string of the molecule is CC1CCCC(NCCC(C)(C)C(=O)O)C1C. The fourth-order valence-electron chi connectivity index (χ4n) is 2.55. The Kier molecular flexibility index (Phi) is 4.99. The highest BCUT2D eigenvalue weighted by Crippen LogP contribution is 2.29. The quantitative estimate of drug-likeness (QED) is 0.778. The third-order valence-electron chi connectivity index (χ3n) is 4.44. The van der Waals surface area contributed by atoms with E-state index < -0.39 is 11.4 Å². The Morgan fingerprint density at radius 2 is 2.00 bits per heavy atom. The first-order valence-corrected chi connectivity index (χ1v) is 6.81. The number of hydrogen-bond donors (Lipinski definition) is 2. The highest BCUT2D eigenvalue weighted by Gasteiger charge is 2.29. The summed E-state index contributed by atoms with van der Waals surface area (Å²) in [5.41, 5.74) is -0.615. The molecule has 0 heterocycles. The lowest BCUT2D eigenvalue weighted by molar-refractivity contribution is -0.147. The number of hydrogen-bond acceptors (Lipinski definition) is 2. The second-order valence-corrected chi connectivity index (χ2v) is 6.27. The number of rotatable bonds is 5. The van der Waals surface area contributed by atoms with Crippen LogP contribution in [0.4, 0.5) is 0 Å². The normalized spacial score (nSPS) is 30.2. The van der Waals surface area contributed by atoms with E-state index in [4.69, 9.17) is 5.11 Å². The molecule has 3 atom stereocenters. The molecule has 0 amide bonds. The summed E-state index contributed by atoms with van der Waals surface area (Å²) in [6, 6.07) is 0.573. The van der Waals surface area contributed by atoms with Crippen molar-refractivity contribution in [2.75, 3.05) is 6.54 Å². The lowest BCUT2D eigenvalue weighted by Crippen LogP contribution is -2.42. The minimum Gasteiger partial charge on any atom is -0.481 e. The van der Waals surface area contributed by atoms with Crippen molar-refractivity contribution in [3.8, 4) is 0 Å². The summed E-state index contributed by atoms with van der Waals surface area (Å²) < 4.78 is 0. The highest BCUT2D eigenvalue weighted by atomic mass is 16.4. The van der Waals surface area contributed by atoms with Crippen molar-refractivity contribution in [1.29, 1.82) is 0 Å². The first kappa shape index (κ1) is 14.5. The Hall–Kier alpha value is -0.570. The molecule has 0 aromatic rings. The van der Waals surface area contributed by atoms with E-state index in [1.165, 1.54) is 19.3 Å². The van der Waals surface area contributed by atoms with Crippen molar-refractivity contribution in [3.05, 3.63) is 0 Å². The largest absolute Gasteiger partial charge is 0.481 e. The van der Waals surface area contributed by atoms with Gasteiger partial charge in [0, 0.05) is 6.04 Å². The summed E-state index contributed by atoms with van der Waals surface area (Å²) in [5, 5.41) is 12.6.